The summed E-state index contributed by atoms with van der Waals surface area (Å²) < 4.78 is 0. The average molecular weight is 401 g/mol. The van der Waals surface area contributed by atoms with Crippen molar-refractivity contribution >= 4 is 29.1 Å². The van der Waals surface area contributed by atoms with E-state index in [4.69, 9.17) is 11.6 Å². The topological polar surface area (TPSA) is 49.4 Å². The van der Waals surface area contributed by atoms with Gasteiger partial charge in [0.1, 0.15) is 0 Å². The SMILES string of the molecule is Cc1ccc(NC(=O)[C@H]2CC=CC3CCN(C4CCCCC4)C(=O)C32)cc1Cl. The molecular weight excluding hydrogens is 372 g/mol. The quantitative estimate of drug-likeness (QED) is 0.729. The molecule has 0 bridgehead atoms. The highest BCUT2D eigenvalue weighted by atomic mass is 35.5. The average Bonchev–Trinajstić information content (AvgIpc) is 2.71. The number of allylic oxidation sites excluding steroid dienone is 2. The van der Waals surface area contributed by atoms with Crippen molar-refractivity contribution in [1.82, 2.24) is 4.90 Å². The maximum Gasteiger partial charge on any atom is 0.228 e. The molecule has 150 valence electrons. The third kappa shape index (κ3) is 3.84. The Balaban J connectivity index is 1.51. The standard InChI is InChI=1S/C23H29ClN2O2/c1-15-10-11-17(14-20(15)24)25-22(27)19-9-5-6-16-12-13-26(23(28)21(16)19)18-7-3-2-4-8-18/h5-6,10-11,14,16,18-19,21H,2-4,7-9,12-13H2,1H3,(H,25,27)/t16?,19-,21?/m0/s1. The third-order valence-corrected chi connectivity index (χ3v) is 7.14. The summed E-state index contributed by atoms with van der Waals surface area (Å²) >= 11 is 6.20. The summed E-state index contributed by atoms with van der Waals surface area (Å²) in [6.07, 6.45) is 11.7. The monoisotopic (exact) mass is 400 g/mol. The van der Waals surface area contributed by atoms with Crippen molar-refractivity contribution in [2.45, 2.75) is 57.9 Å². The summed E-state index contributed by atoms with van der Waals surface area (Å²) in [6, 6.07) is 5.92. The first-order valence-corrected chi connectivity index (χ1v) is 11.0. The highest BCUT2D eigenvalue weighted by Gasteiger charge is 2.46. The van der Waals surface area contributed by atoms with E-state index in [1.54, 1.807) is 6.07 Å². The number of nitrogens with one attached hydrogen (secondary N) is 1. The fraction of sp³-hybridized carbons (Fsp3) is 0.565. The van der Waals surface area contributed by atoms with Gasteiger partial charge >= 0.3 is 0 Å². The Morgan fingerprint density at radius 2 is 1.96 bits per heavy atom. The normalized spacial score (nSPS) is 28.1. The number of halogens is 1. The number of aryl methyl sites for hydroxylation is 1. The van der Waals surface area contributed by atoms with Crippen molar-refractivity contribution in [3.05, 3.63) is 40.9 Å². The molecule has 1 aromatic rings. The molecule has 1 aromatic carbocycles. The van der Waals surface area contributed by atoms with Gasteiger partial charge in [-0.3, -0.25) is 9.59 Å². The zero-order valence-corrected chi connectivity index (χ0v) is 17.3. The number of nitrogens with zero attached hydrogens (tertiary/aromatic N) is 1. The lowest BCUT2D eigenvalue weighted by molar-refractivity contribution is -0.149. The highest BCUT2D eigenvalue weighted by Crippen LogP contribution is 2.40. The van der Waals surface area contributed by atoms with Gasteiger partial charge in [-0.2, -0.15) is 0 Å². The minimum atomic E-state index is -0.311. The molecule has 2 fully saturated rings. The Morgan fingerprint density at radius 3 is 2.71 bits per heavy atom. The number of hydrogen-bond donors (Lipinski definition) is 1. The van der Waals surface area contributed by atoms with Gasteiger partial charge in [0.15, 0.2) is 0 Å². The van der Waals surface area contributed by atoms with Crippen molar-refractivity contribution in [3.63, 3.8) is 0 Å². The lowest BCUT2D eigenvalue weighted by atomic mass is 9.70. The van der Waals surface area contributed by atoms with E-state index >= 15 is 0 Å². The highest BCUT2D eigenvalue weighted by molar-refractivity contribution is 6.31. The summed E-state index contributed by atoms with van der Waals surface area (Å²) in [5, 5.41) is 3.64. The van der Waals surface area contributed by atoms with Crippen molar-refractivity contribution in [2.75, 3.05) is 11.9 Å². The number of fused-ring (bicyclic) bond motifs is 1. The summed E-state index contributed by atoms with van der Waals surface area (Å²) in [5.74, 6) is -0.248. The van der Waals surface area contributed by atoms with Crippen LogP contribution in [0.2, 0.25) is 5.02 Å². The largest absolute Gasteiger partial charge is 0.339 e. The van der Waals surface area contributed by atoms with E-state index in [1.165, 1.54) is 19.3 Å². The molecule has 1 heterocycles. The van der Waals surface area contributed by atoms with Crippen LogP contribution in [-0.2, 0) is 9.59 Å². The van der Waals surface area contributed by atoms with E-state index in [9.17, 15) is 9.59 Å². The molecular formula is C23H29ClN2O2. The fourth-order valence-corrected chi connectivity index (χ4v) is 5.30. The smallest absolute Gasteiger partial charge is 0.228 e. The molecule has 1 aliphatic heterocycles. The first-order chi connectivity index (χ1) is 13.5. The molecule has 5 heteroatoms. The van der Waals surface area contributed by atoms with Gasteiger partial charge < -0.3 is 10.2 Å². The molecule has 4 nitrogen and oxygen atoms in total. The second-order valence-corrected chi connectivity index (χ2v) is 8.93. The van der Waals surface area contributed by atoms with Crippen molar-refractivity contribution in [1.29, 1.82) is 0 Å². The Bertz CT molecular complexity index is 785. The zero-order chi connectivity index (χ0) is 19.7. The number of rotatable bonds is 3. The molecule has 2 amide bonds. The minimum Gasteiger partial charge on any atom is -0.339 e. The molecule has 2 aliphatic carbocycles. The van der Waals surface area contributed by atoms with Crippen LogP contribution in [0.4, 0.5) is 5.69 Å². The van der Waals surface area contributed by atoms with Gasteiger partial charge in [0.25, 0.3) is 0 Å². The van der Waals surface area contributed by atoms with Crippen LogP contribution in [0.3, 0.4) is 0 Å². The Morgan fingerprint density at radius 1 is 1.18 bits per heavy atom. The zero-order valence-electron chi connectivity index (χ0n) is 16.5. The molecule has 28 heavy (non-hydrogen) atoms. The van der Waals surface area contributed by atoms with E-state index in [2.05, 4.69) is 22.4 Å². The van der Waals surface area contributed by atoms with E-state index in [0.717, 1.165) is 31.4 Å². The van der Waals surface area contributed by atoms with Gasteiger partial charge in [0, 0.05) is 23.3 Å². The molecule has 0 spiro atoms. The molecule has 3 aliphatic rings. The second-order valence-electron chi connectivity index (χ2n) is 8.53. The number of benzene rings is 1. The molecule has 0 radical (unpaired) electrons. The maximum absolute atomic E-state index is 13.4. The molecule has 2 unspecified atom stereocenters. The van der Waals surface area contributed by atoms with Gasteiger partial charge in [-0.05, 0) is 56.2 Å². The summed E-state index contributed by atoms with van der Waals surface area (Å²) in [6.45, 7) is 2.77. The van der Waals surface area contributed by atoms with Gasteiger partial charge in [-0.15, -0.1) is 0 Å². The van der Waals surface area contributed by atoms with Crippen molar-refractivity contribution < 1.29 is 9.59 Å². The number of hydrogen-bond acceptors (Lipinski definition) is 2. The van der Waals surface area contributed by atoms with E-state index in [0.29, 0.717) is 23.2 Å². The Kier molecular flexibility index (Phi) is 5.77. The van der Waals surface area contributed by atoms with Crippen molar-refractivity contribution in [2.24, 2.45) is 17.8 Å². The van der Waals surface area contributed by atoms with Gasteiger partial charge in [-0.1, -0.05) is 49.1 Å². The minimum absolute atomic E-state index is 0.0712. The van der Waals surface area contributed by atoms with Gasteiger partial charge in [0.05, 0.1) is 11.8 Å². The van der Waals surface area contributed by atoms with Crippen LogP contribution in [0.1, 0.15) is 50.5 Å². The van der Waals surface area contributed by atoms with Crippen molar-refractivity contribution in [3.8, 4) is 0 Å². The lowest BCUT2D eigenvalue weighted by Crippen LogP contribution is -2.54. The van der Waals surface area contributed by atoms with Crippen LogP contribution >= 0.6 is 11.6 Å². The third-order valence-electron chi connectivity index (χ3n) is 6.73. The summed E-state index contributed by atoms with van der Waals surface area (Å²) in [7, 11) is 0. The van der Waals surface area contributed by atoms with Crippen LogP contribution in [-0.4, -0.2) is 29.3 Å². The van der Waals surface area contributed by atoms with E-state index in [-0.39, 0.29) is 29.6 Å². The maximum atomic E-state index is 13.4. The molecule has 3 atom stereocenters. The molecule has 1 saturated heterocycles. The number of anilines is 1. The number of piperidine rings is 1. The number of carbonyl (C=O) groups excluding carboxylic acids is 2. The van der Waals surface area contributed by atoms with Crippen LogP contribution < -0.4 is 5.32 Å². The lowest BCUT2D eigenvalue weighted by Gasteiger charge is -2.45. The summed E-state index contributed by atoms with van der Waals surface area (Å²) in [4.78, 5) is 28.6. The van der Waals surface area contributed by atoms with Crippen LogP contribution in [0, 0.1) is 24.7 Å². The predicted octanol–water partition coefficient (Wildman–Crippen LogP) is 4.96. The van der Waals surface area contributed by atoms with E-state index in [1.807, 2.05) is 19.1 Å². The predicted molar refractivity (Wildman–Crippen MR) is 112 cm³/mol. The second kappa shape index (κ2) is 8.28. The molecule has 1 saturated carbocycles. The Labute approximate surface area is 172 Å². The Hall–Kier alpha value is -1.81. The number of likely N-dealkylation sites (tertiary alicyclic amines) is 1. The fourth-order valence-electron chi connectivity index (χ4n) is 5.12. The van der Waals surface area contributed by atoms with E-state index < -0.39 is 0 Å². The molecule has 0 aromatic heterocycles. The number of amides is 2. The van der Waals surface area contributed by atoms with Crippen LogP contribution in [0.5, 0.6) is 0 Å². The number of carbonyl (C=O) groups is 2. The first kappa shape index (κ1) is 19.5. The first-order valence-electron chi connectivity index (χ1n) is 10.6. The van der Waals surface area contributed by atoms with Crippen LogP contribution in [0.15, 0.2) is 30.4 Å². The van der Waals surface area contributed by atoms with Crippen LogP contribution in [0.25, 0.3) is 0 Å². The molecule has 4 rings (SSSR count). The summed E-state index contributed by atoms with van der Waals surface area (Å²) in [5.41, 5.74) is 1.67. The van der Waals surface area contributed by atoms with Gasteiger partial charge in [0.2, 0.25) is 11.8 Å². The molecule has 1 N–H and O–H groups in total. The van der Waals surface area contributed by atoms with Gasteiger partial charge in [-0.25, -0.2) is 0 Å².